The monoisotopic (exact) mass is 248 g/mol. The van der Waals surface area contributed by atoms with Gasteiger partial charge in [0.25, 0.3) is 0 Å². The van der Waals surface area contributed by atoms with Crippen LogP contribution in [0, 0.1) is 5.92 Å². The molecule has 0 radical (unpaired) electrons. The molecule has 5 nitrogen and oxygen atoms in total. The predicted octanol–water partition coefficient (Wildman–Crippen LogP) is -0.0422. The first kappa shape index (κ1) is 10.6. The van der Waals surface area contributed by atoms with Gasteiger partial charge in [-0.05, 0) is 24.4 Å². The average molecular weight is 248 g/mol. The number of anilines is 1. The molecule has 2 atom stereocenters. The first-order valence-electron chi connectivity index (χ1n) is 5.45. The lowest BCUT2D eigenvalue weighted by Crippen LogP contribution is -2.62. The molecule has 0 saturated carbocycles. The topological polar surface area (TPSA) is 56.4 Å². The zero-order valence-corrected chi connectivity index (χ0v) is 9.83. The van der Waals surface area contributed by atoms with Gasteiger partial charge in [0, 0.05) is 6.54 Å². The quantitative estimate of drug-likeness (QED) is 0.609. The molecule has 88 valence electrons. The van der Waals surface area contributed by atoms with Crippen molar-refractivity contribution in [2.45, 2.75) is 6.17 Å². The van der Waals surface area contributed by atoms with Crippen LogP contribution in [0.5, 0.6) is 0 Å². The molecule has 1 amide bonds. The van der Waals surface area contributed by atoms with Crippen molar-refractivity contribution < 1.29 is 4.79 Å². The van der Waals surface area contributed by atoms with Gasteiger partial charge < -0.3 is 5.32 Å². The Kier molecular flexibility index (Phi) is 2.54. The Labute approximate surface area is 104 Å². The molecule has 2 saturated heterocycles. The third-order valence-corrected chi connectivity index (χ3v) is 3.32. The van der Waals surface area contributed by atoms with E-state index in [0.717, 1.165) is 5.69 Å². The van der Waals surface area contributed by atoms with Crippen LogP contribution in [0.3, 0.4) is 0 Å². The molecule has 0 bridgehead atoms. The van der Waals surface area contributed by atoms with E-state index in [2.05, 4.69) is 16.2 Å². The van der Waals surface area contributed by atoms with Gasteiger partial charge in [-0.1, -0.05) is 18.2 Å². The lowest BCUT2D eigenvalue weighted by molar-refractivity contribution is -0.122. The summed E-state index contributed by atoms with van der Waals surface area (Å²) in [7, 11) is 0. The summed E-state index contributed by atoms with van der Waals surface area (Å²) in [6.07, 6.45) is -0.102. The number of nitrogens with one attached hydrogen (secondary N) is 3. The van der Waals surface area contributed by atoms with Crippen molar-refractivity contribution in [3.63, 3.8) is 0 Å². The standard InChI is InChI=1S/C11H12N4OS/c16-10-8-6-12-14-9(8)13-11(17)15(10)7-4-2-1-3-5-7/h1-5,8-9,12,14H,6H2,(H,13,17). The lowest BCUT2D eigenvalue weighted by atomic mass is 10.0. The Bertz CT molecular complexity index is 464. The SMILES string of the molecule is O=C1C2CNNC2NC(=S)N1c1ccccc1. The van der Waals surface area contributed by atoms with Gasteiger partial charge in [0.1, 0.15) is 6.17 Å². The van der Waals surface area contributed by atoms with E-state index < -0.39 is 0 Å². The highest BCUT2D eigenvalue weighted by molar-refractivity contribution is 7.80. The summed E-state index contributed by atoms with van der Waals surface area (Å²) in [5.74, 6) is -0.0932. The van der Waals surface area contributed by atoms with Crippen molar-refractivity contribution in [3.8, 4) is 0 Å². The summed E-state index contributed by atoms with van der Waals surface area (Å²) in [5.41, 5.74) is 6.77. The molecule has 2 aliphatic rings. The number of amides is 1. The summed E-state index contributed by atoms with van der Waals surface area (Å²) in [6.45, 7) is 0.614. The number of fused-ring (bicyclic) bond motifs is 1. The number of para-hydroxylation sites is 1. The van der Waals surface area contributed by atoms with Crippen molar-refractivity contribution in [3.05, 3.63) is 30.3 Å². The molecule has 0 aliphatic carbocycles. The van der Waals surface area contributed by atoms with Crippen LogP contribution >= 0.6 is 12.2 Å². The Morgan fingerprint density at radius 2 is 2.06 bits per heavy atom. The number of nitrogens with zero attached hydrogens (tertiary/aromatic N) is 1. The van der Waals surface area contributed by atoms with Crippen LogP contribution in [0.4, 0.5) is 5.69 Å². The third kappa shape index (κ3) is 1.70. The van der Waals surface area contributed by atoms with E-state index >= 15 is 0 Å². The molecule has 2 aliphatic heterocycles. The minimum Gasteiger partial charge on any atom is -0.345 e. The van der Waals surface area contributed by atoms with Crippen LogP contribution in [0.1, 0.15) is 0 Å². The number of carbonyl (C=O) groups excluding carboxylic acids is 1. The smallest absolute Gasteiger partial charge is 0.241 e. The summed E-state index contributed by atoms with van der Waals surface area (Å²) in [6, 6.07) is 9.45. The van der Waals surface area contributed by atoms with E-state index in [4.69, 9.17) is 12.2 Å². The minimum absolute atomic E-state index is 0.0300. The number of carbonyl (C=O) groups is 1. The van der Waals surface area contributed by atoms with E-state index in [0.29, 0.717) is 11.7 Å². The van der Waals surface area contributed by atoms with Crippen molar-refractivity contribution in [1.82, 2.24) is 16.2 Å². The number of benzene rings is 1. The highest BCUT2D eigenvalue weighted by Crippen LogP contribution is 2.22. The molecule has 1 aromatic rings. The molecule has 3 N–H and O–H groups in total. The van der Waals surface area contributed by atoms with E-state index in [1.165, 1.54) is 0 Å². The lowest BCUT2D eigenvalue weighted by Gasteiger charge is -2.35. The molecule has 0 spiro atoms. The number of hydrazine groups is 1. The van der Waals surface area contributed by atoms with Gasteiger partial charge in [-0.15, -0.1) is 0 Å². The zero-order valence-electron chi connectivity index (χ0n) is 9.01. The van der Waals surface area contributed by atoms with Gasteiger partial charge in [0.05, 0.1) is 11.6 Å². The fourth-order valence-electron chi connectivity index (χ4n) is 2.15. The van der Waals surface area contributed by atoms with Gasteiger partial charge in [-0.25, -0.2) is 5.43 Å². The van der Waals surface area contributed by atoms with E-state index in [1.807, 2.05) is 30.3 Å². The Hall–Kier alpha value is -1.50. The molecule has 6 heteroatoms. The summed E-state index contributed by atoms with van der Waals surface area (Å²) in [4.78, 5) is 13.9. The molecular formula is C11H12N4OS. The second kappa shape index (κ2) is 4.06. The summed E-state index contributed by atoms with van der Waals surface area (Å²) in [5, 5.41) is 3.56. The predicted molar refractivity (Wildman–Crippen MR) is 68.1 cm³/mol. The van der Waals surface area contributed by atoms with Crippen molar-refractivity contribution in [2.75, 3.05) is 11.4 Å². The number of hydrogen-bond donors (Lipinski definition) is 3. The van der Waals surface area contributed by atoms with Crippen molar-refractivity contribution in [2.24, 2.45) is 5.92 Å². The maximum absolute atomic E-state index is 12.3. The first-order chi connectivity index (χ1) is 8.27. The summed E-state index contributed by atoms with van der Waals surface area (Å²) < 4.78 is 0. The number of thiocarbonyl (C=S) groups is 1. The first-order valence-corrected chi connectivity index (χ1v) is 5.86. The molecular weight excluding hydrogens is 236 g/mol. The Morgan fingerprint density at radius 3 is 2.82 bits per heavy atom. The number of rotatable bonds is 1. The fourth-order valence-corrected chi connectivity index (χ4v) is 2.47. The highest BCUT2D eigenvalue weighted by Gasteiger charge is 2.42. The van der Waals surface area contributed by atoms with Gasteiger partial charge in [-0.3, -0.25) is 15.1 Å². The van der Waals surface area contributed by atoms with Crippen LogP contribution in [0.25, 0.3) is 0 Å². The molecule has 2 unspecified atom stereocenters. The second-order valence-corrected chi connectivity index (χ2v) is 4.45. The van der Waals surface area contributed by atoms with Gasteiger partial charge in [0.2, 0.25) is 5.91 Å². The van der Waals surface area contributed by atoms with Crippen LogP contribution < -0.4 is 21.1 Å². The largest absolute Gasteiger partial charge is 0.345 e. The average Bonchev–Trinajstić information content (AvgIpc) is 2.78. The fraction of sp³-hybridized carbons (Fsp3) is 0.273. The number of hydrogen-bond acceptors (Lipinski definition) is 4. The molecule has 3 rings (SSSR count). The van der Waals surface area contributed by atoms with Crippen LogP contribution in [-0.2, 0) is 4.79 Å². The molecule has 1 aromatic carbocycles. The van der Waals surface area contributed by atoms with Gasteiger partial charge >= 0.3 is 0 Å². The van der Waals surface area contributed by atoms with Gasteiger partial charge in [0.15, 0.2) is 5.11 Å². The maximum Gasteiger partial charge on any atom is 0.241 e. The molecule has 17 heavy (non-hydrogen) atoms. The molecule has 2 heterocycles. The molecule has 0 aromatic heterocycles. The zero-order chi connectivity index (χ0) is 11.8. The minimum atomic E-state index is -0.123. The van der Waals surface area contributed by atoms with E-state index in [-0.39, 0.29) is 18.0 Å². The summed E-state index contributed by atoms with van der Waals surface area (Å²) >= 11 is 5.24. The molecule has 2 fully saturated rings. The highest BCUT2D eigenvalue weighted by atomic mass is 32.1. The van der Waals surface area contributed by atoms with Gasteiger partial charge in [-0.2, -0.15) is 0 Å². The van der Waals surface area contributed by atoms with Crippen molar-refractivity contribution >= 4 is 28.9 Å². The Balaban J connectivity index is 1.94. The van der Waals surface area contributed by atoms with Crippen molar-refractivity contribution in [1.29, 1.82) is 0 Å². The van der Waals surface area contributed by atoms with Crippen LogP contribution in [-0.4, -0.2) is 23.7 Å². The Morgan fingerprint density at radius 1 is 1.29 bits per heavy atom. The van der Waals surface area contributed by atoms with E-state index in [9.17, 15) is 4.79 Å². The van der Waals surface area contributed by atoms with Crippen LogP contribution in [0.2, 0.25) is 0 Å². The third-order valence-electron chi connectivity index (χ3n) is 3.02. The normalized spacial score (nSPS) is 27.9. The maximum atomic E-state index is 12.3. The second-order valence-electron chi connectivity index (χ2n) is 4.07. The van der Waals surface area contributed by atoms with Crippen LogP contribution in [0.15, 0.2) is 30.3 Å². The van der Waals surface area contributed by atoms with E-state index in [1.54, 1.807) is 4.90 Å².